The fourth-order valence-corrected chi connectivity index (χ4v) is 2.94. The molecule has 4 nitrogen and oxygen atoms in total. The molecule has 2 heterocycles. The highest BCUT2D eigenvalue weighted by molar-refractivity contribution is 5.86. The molecule has 4 heteroatoms. The van der Waals surface area contributed by atoms with E-state index < -0.39 is 5.97 Å². The first kappa shape index (κ1) is 12.9. The van der Waals surface area contributed by atoms with Crippen LogP contribution < -0.4 is 0 Å². The topological polar surface area (TPSA) is 45.5 Å². The van der Waals surface area contributed by atoms with E-state index in [4.69, 9.17) is 0 Å². The van der Waals surface area contributed by atoms with Crippen LogP contribution in [0.4, 0.5) is 0 Å². The third-order valence-corrected chi connectivity index (χ3v) is 3.97. The van der Waals surface area contributed by atoms with Crippen LogP contribution in [0.5, 0.6) is 0 Å². The number of fused-ring (bicyclic) bond motifs is 1. The molecule has 1 aliphatic heterocycles. The fraction of sp³-hybridized carbons (Fsp3) is 0.312. The first-order valence-electron chi connectivity index (χ1n) is 6.82. The Morgan fingerprint density at radius 2 is 2.05 bits per heavy atom. The maximum atomic E-state index is 11.2. The second-order valence-corrected chi connectivity index (χ2v) is 5.31. The summed E-state index contributed by atoms with van der Waals surface area (Å²) in [7, 11) is 1.84. The summed E-state index contributed by atoms with van der Waals surface area (Å²) in [4.78, 5) is 13.5. The van der Waals surface area contributed by atoms with Crippen LogP contribution in [0.15, 0.2) is 36.4 Å². The molecule has 1 N–H and O–H groups in total. The van der Waals surface area contributed by atoms with Crippen molar-refractivity contribution in [2.45, 2.75) is 19.5 Å². The van der Waals surface area contributed by atoms with Crippen molar-refractivity contribution in [3.05, 3.63) is 58.9 Å². The van der Waals surface area contributed by atoms with Crippen molar-refractivity contribution in [1.82, 2.24) is 9.47 Å². The van der Waals surface area contributed by atoms with Gasteiger partial charge >= 0.3 is 5.97 Å². The van der Waals surface area contributed by atoms with E-state index >= 15 is 0 Å². The van der Waals surface area contributed by atoms with Gasteiger partial charge in [-0.15, -0.1) is 0 Å². The van der Waals surface area contributed by atoms with Gasteiger partial charge in [-0.3, -0.25) is 4.90 Å². The average Bonchev–Trinajstić information content (AvgIpc) is 2.77. The van der Waals surface area contributed by atoms with Crippen LogP contribution in [0.25, 0.3) is 0 Å². The van der Waals surface area contributed by atoms with Gasteiger partial charge in [0.15, 0.2) is 0 Å². The number of carboxylic acids is 1. The number of aromatic carboxylic acids is 1. The molecule has 0 spiro atoms. The average molecular weight is 270 g/mol. The fourth-order valence-electron chi connectivity index (χ4n) is 2.94. The molecule has 0 saturated heterocycles. The molecule has 3 rings (SSSR count). The Kier molecular flexibility index (Phi) is 3.32. The molecule has 0 radical (unpaired) electrons. The van der Waals surface area contributed by atoms with Gasteiger partial charge in [0, 0.05) is 38.8 Å². The standard InChI is InChI=1S/C16H18N2O2/c1-17-14-7-8-18(10-12-5-3-2-4-6-12)11-13(14)9-15(17)16(19)20/h2-6,9H,7-8,10-11H2,1H3,(H,19,20). The van der Waals surface area contributed by atoms with Crippen molar-refractivity contribution < 1.29 is 9.90 Å². The second kappa shape index (κ2) is 5.13. The first-order chi connectivity index (χ1) is 9.65. The monoisotopic (exact) mass is 270 g/mol. The lowest BCUT2D eigenvalue weighted by Gasteiger charge is -2.27. The van der Waals surface area contributed by atoms with E-state index in [2.05, 4.69) is 29.2 Å². The van der Waals surface area contributed by atoms with Gasteiger partial charge in [-0.2, -0.15) is 0 Å². The number of hydrogen-bond acceptors (Lipinski definition) is 2. The highest BCUT2D eigenvalue weighted by atomic mass is 16.4. The molecule has 0 bridgehead atoms. The minimum Gasteiger partial charge on any atom is -0.477 e. The maximum Gasteiger partial charge on any atom is 0.352 e. The van der Waals surface area contributed by atoms with Crippen molar-refractivity contribution in [1.29, 1.82) is 0 Å². The van der Waals surface area contributed by atoms with Crippen LogP contribution in [0.3, 0.4) is 0 Å². The smallest absolute Gasteiger partial charge is 0.352 e. The lowest BCUT2D eigenvalue weighted by Crippen LogP contribution is -2.30. The predicted octanol–water partition coefficient (Wildman–Crippen LogP) is 2.28. The SMILES string of the molecule is Cn1c(C(=O)O)cc2c1CCN(Cc1ccccc1)C2. The zero-order valence-electron chi connectivity index (χ0n) is 11.5. The number of hydrogen-bond donors (Lipinski definition) is 1. The molecule has 104 valence electrons. The van der Waals surface area contributed by atoms with Gasteiger partial charge in [0.2, 0.25) is 0 Å². The highest BCUT2D eigenvalue weighted by Crippen LogP contribution is 2.23. The summed E-state index contributed by atoms with van der Waals surface area (Å²) in [6.45, 7) is 2.71. The van der Waals surface area contributed by atoms with Crippen LogP contribution in [-0.2, 0) is 26.6 Å². The minimum absolute atomic E-state index is 0.386. The van der Waals surface area contributed by atoms with Gasteiger partial charge in [-0.25, -0.2) is 4.79 Å². The Bertz CT molecular complexity index is 631. The molecule has 0 aliphatic carbocycles. The van der Waals surface area contributed by atoms with E-state index in [1.54, 1.807) is 0 Å². The van der Waals surface area contributed by atoms with Crippen molar-refractivity contribution in [2.24, 2.45) is 7.05 Å². The zero-order chi connectivity index (χ0) is 14.1. The number of nitrogens with zero attached hydrogens (tertiary/aromatic N) is 2. The normalized spacial score (nSPS) is 15.1. The van der Waals surface area contributed by atoms with Crippen molar-refractivity contribution in [3.8, 4) is 0 Å². The van der Waals surface area contributed by atoms with Crippen LogP contribution in [0.2, 0.25) is 0 Å². The molecule has 0 amide bonds. The van der Waals surface area contributed by atoms with E-state index in [0.717, 1.165) is 37.3 Å². The molecule has 0 atom stereocenters. The Hall–Kier alpha value is -2.07. The number of carboxylic acid groups (broad SMARTS) is 1. The van der Waals surface area contributed by atoms with E-state index in [9.17, 15) is 9.90 Å². The molecule has 2 aromatic rings. The molecule has 1 aromatic carbocycles. The van der Waals surface area contributed by atoms with E-state index in [0.29, 0.717) is 5.69 Å². The minimum atomic E-state index is -0.850. The summed E-state index contributed by atoms with van der Waals surface area (Å²) in [6, 6.07) is 12.2. The maximum absolute atomic E-state index is 11.2. The van der Waals surface area contributed by atoms with Crippen LogP contribution >= 0.6 is 0 Å². The van der Waals surface area contributed by atoms with E-state index in [-0.39, 0.29) is 0 Å². The van der Waals surface area contributed by atoms with E-state index in [1.165, 1.54) is 5.56 Å². The largest absolute Gasteiger partial charge is 0.477 e. The third-order valence-electron chi connectivity index (χ3n) is 3.97. The summed E-state index contributed by atoms with van der Waals surface area (Å²) in [6.07, 6.45) is 0.909. The van der Waals surface area contributed by atoms with Crippen molar-refractivity contribution >= 4 is 5.97 Å². The lowest BCUT2D eigenvalue weighted by molar-refractivity contribution is 0.0686. The number of aromatic nitrogens is 1. The molecular weight excluding hydrogens is 252 g/mol. The van der Waals surface area contributed by atoms with Crippen molar-refractivity contribution in [3.63, 3.8) is 0 Å². The molecule has 1 aliphatic rings. The Morgan fingerprint density at radius 3 is 2.75 bits per heavy atom. The third kappa shape index (κ3) is 2.34. The summed E-state index contributed by atoms with van der Waals surface area (Å²) in [5.74, 6) is -0.850. The Morgan fingerprint density at radius 1 is 1.30 bits per heavy atom. The molecular formula is C16H18N2O2. The number of benzene rings is 1. The predicted molar refractivity (Wildman–Crippen MR) is 76.6 cm³/mol. The van der Waals surface area contributed by atoms with Gasteiger partial charge in [-0.05, 0) is 17.2 Å². The highest BCUT2D eigenvalue weighted by Gasteiger charge is 2.23. The van der Waals surface area contributed by atoms with Crippen molar-refractivity contribution in [2.75, 3.05) is 6.54 Å². The molecule has 1 aromatic heterocycles. The Labute approximate surface area is 118 Å². The lowest BCUT2D eigenvalue weighted by atomic mass is 10.1. The molecule has 0 unspecified atom stereocenters. The van der Waals surface area contributed by atoms with Gasteiger partial charge < -0.3 is 9.67 Å². The molecule has 0 fully saturated rings. The molecule has 0 saturated carbocycles. The summed E-state index contributed by atoms with van der Waals surface area (Å²) >= 11 is 0. The Balaban J connectivity index is 1.79. The first-order valence-corrected chi connectivity index (χ1v) is 6.82. The van der Waals surface area contributed by atoms with Crippen LogP contribution in [0.1, 0.15) is 27.3 Å². The summed E-state index contributed by atoms with van der Waals surface area (Å²) in [5.41, 5.74) is 3.99. The summed E-state index contributed by atoms with van der Waals surface area (Å²) in [5, 5.41) is 9.18. The van der Waals surface area contributed by atoms with Gasteiger partial charge in [0.1, 0.15) is 5.69 Å². The summed E-state index contributed by atoms with van der Waals surface area (Å²) < 4.78 is 1.82. The van der Waals surface area contributed by atoms with Crippen LogP contribution in [0, 0.1) is 0 Å². The van der Waals surface area contributed by atoms with Crippen LogP contribution in [-0.4, -0.2) is 27.1 Å². The van der Waals surface area contributed by atoms with E-state index in [1.807, 2.05) is 23.7 Å². The number of carbonyl (C=O) groups is 1. The quantitative estimate of drug-likeness (QED) is 0.930. The van der Waals surface area contributed by atoms with Gasteiger partial charge in [0.25, 0.3) is 0 Å². The van der Waals surface area contributed by atoms with Gasteiger partial charge in [0.05, 0.1) is 0 Å². The molecule has 20 heavy (non-hydrogen) atoms. The second-order valence-electron chi connectivity index (χ2n) is 5.31. The number of rotatable bonds is 3. The van der Waals surface area contributed by atoms with Gasteiger partial charge in [-0.1, -0.05) is 30.3 Å². The zero-order valence-corrected chi connectivity index (χ0v) is 11.5.